The van der Waals surface area contributed by atoms with Gasteiger partial charge in [-0.25, -0.2) is 9.97 Å². The molecule has 142 valence electrons. The molecule has 3 aromatic heterocycles. The van der Waals surface area contributed by atoms with E-state index >= 15 is 0 Å². The SMILES string of the molecule is COc1ccc(Nc2ncc(C)c(NCc3cccs3)n2)cc1-c1cnco1. The molecule has 7 nitrogen and oxygen atoms in total. The van der Waals surface area contributed by atoms with Crippen molar-refractivity contribution >= 4 is 28.8 Å². The number of ether oxygens (including phenoxy) is 1. The van der Waals surface area contributed by atoms with E-state index in [9.17, 15) is 0 Å². The summed E-state index contributed by atoms with van der Waals surface area (Å²) < 4.78 is 10.8. The highest BCUT2D eigenvalue weighted by Gasteiger charge is 2.11. The van der Waals surface area contributed by atoms with Gasteiger partial charge in [0, 0.05) is 22.3 Å². The van der Waals surface area contributed by atoms with Crippen LogP contribution in [0, 0.1) is 6.92 Å². The quantitative estimate of drug-likeness (QED) is 0.463. The Morgan fingerprint density at radius 3 is 2.89 bits per heavy atom. The van der Waals surface area contributed by atoms with Gasteiger partial charge in [0.2, 0.25) is 5.95 Å². The topological polar surface area (TPSA) is 85.1 Å². The number of aryl methyl sites for hydroxylation is 1. The van der Waals surface area contributed by atoms with Crippen LogP contribution in [0.1, 0.15) is 10.4 Å². The number of aromatic nitrogens is 3. The normalized spacial score (nSPS) is 10.6. The Morgan fingerprint density at radius 1 is 1.21 bits per heavy atom. The number of hydrogen-bond donors (Lipinski definition) is 2. The first-order chi connectivity index (χ1) is 13.7. The first-order valence-corrected chi connectivity index (χ1v) is 9.54. The van der Waals surface area contributed by atoms with E-state index in [4.69, 9.17) is 9.15 Å². The van der Waals surface area contributed by atoms with Crippen molar-refractivity contribution in [3.63, 3.8) is 0 Å². The molecule has 0 saturated heterocycles. The summed E-state index contributed by atoms with van der Waals surface area (Å²) in [6.07, 6.45) is 4.84. The number of hydrogen-bond acceptors (Lipinski definition) is 8. The number of benzene rings is 1. The summed E-state index contributed by atoms with van der Waals surface area (Å²) in [7, 11) is 1.62. The van der Waals surface area contributed by atoms with Gasteiger partial charge >= 0.3 is 0 Å². The maximum atomic E-state index is 5.42. The summed E-state index contributed by atoms with van der Waals surface area (Å²) in [5.41, 5.74) is 2.60. The van der Waals surface area contributed by atoms with Crippen LogP contribution in [-0.4, -0.2) is 22.1 Å². The molecule has 0 aliphatic heterocycles. The minimum Gasteiger partial charge on any atom is -0.496 e. The number of nitrogens with one attached hydrogen (secondary N) is 2. The molecule has 0 spiro atoms. The number of thiophene rings is 1. The second-order valence-electron chi connectivity index (χ2n) is 6.06. The van der Waals surface area contributed by atoms with Crippen molar-refractivity contribution in [2.45, 2.75) is 13.5 Å². The standard InChI is InChI=1S/C20H19N5O2S/c1-13-9-23-20(25-19(13)22-10-15-4-3-7-28-15)24-14-5-6-17(26-2)16(8-14)18-11-21-12-27-18/h3-9,11-12H,10H2,1-2H3,(H2,22,23,24,25). The average Bonchev–Trinajstić information content (AvgIpc) is 3.42. The van der Waals surface area contributed by atoms with Crippen LogP contribution in [0.25, 0.3) is 11.3 Å². The third-order valence-electron chi connectivity index (χ3n) is 4.14. The summed E-state index contributed by atoms with van der Waals surface area (Å²) in [5.74, 6) is 2.64. The lowest BCUT2D eigenvalue weighted by Crippen LogP contribution is -2.05. The molecule has 0 radical (unpaired) electrons. The first kappa shape index (κ1) is 18.0. The van der Waals surface area contributed by atoms with Crippen LogP contribution in [-0.2, 0) is 6.54 Å². The smallest absolute Gasteiger partial charge is 0.229 e. The van der Waals surface area contributed by atoms with Gasteiger partial charge in [0.05, 0.1) is 25.4 Å². The summed E-state index contributed by atoms with van der Waals surface area (Å²) >= 11 is 1.71. The van der Waals surface area contributed by atoms with Crippen molar-refractivity contribution in [3.05, 3.63) is 64.9 Å². The van der Waals surface area contributed by atoms with Crippen LogP contribution in [0.4, 0.5) is 17.5 Å². The van der Waals surface area contributed by atoms with Crippen LogP contribution in [0.15, 0.2) is 58.9 Å². The molecule has 0 unspecified atom stereocenters. The van der Waals surface area contributed by atoms with Gasteiger partial charge in [0.1, 0.15) is 11.6 Å². The molecule has 0 atom stereocenters. The molecule has 4 aromatic rings. The van der Waals surface area contributed by atoms with E-state index in [1.54, 1.807) is 30.8 Å². The zero-order valence-electron chi connectivity index (χ0n) is 15.5. The lowest BCUT2D eigenvalue weighted by molar-refractivity contribution is 0.414. The van der Waals surface area contributed by atoms with Crippen LogP contribution in [0.2, 0.25) is 0 Å². The second kappa shape index (κ2) is 8.10. The zero-order chi connectivity index (χ0) is 19.3. The maximum Gasteiger partial charge on any atom is 0.229 e. The minimum absolute atomic E-state index is 0.507. The van der Waals surface area contributed by atoms with Gasteiger partial charge in [-0.05, 0) is 36.6 Å². The van der Waals surface area contributed by atoms with Crippen LogP contribution in [0.5, 0.6) is 5.75 Å². The van der Waals surface area contributed by atoms with Gasteiger partial charge in [0.25, 0.3) is 0 Å². The molecule has 2 N–H and O–H groups in total. The summed E-state index contributed by atoms with van der Waals surface area (Å²) in [5, 5.41) is 8.67. The fraction of sp³-hybridized carbons (Fsp3) is 0.150. The summed E-state index contributed by atoms with van der Waals surface area (Å²) in [4.78, 5) is 14.2. The van der Waals surface area contributed by atoms with E-state index in [1.807, 2.05) is 31.2 Å². The van der Waals surface area contributed by atoms with Gasteiger partial charge in [-0.3, -0.25) is 0 Å². The summed E-state index contributed by atoms with van der Waals surface area (Å²) in [6.45, 7) is 2.71. The van der Waals surface area contributed by atoms with Crippen molar-refractivity contribution in [1.82, 2.24) is 15.0 Å². The van der Waals surface area contributed by atoms with Crippen molar-refractivity contribution in [2.24, 2.45) is 0 Å². The molecular formula is C20H19N5O2S. The van der Waals surface area contributed by atoms with Crippen molar-refractivity contribution in [2.75, 3.05) is 17.7 Å². The van der Waals surface area contributed by atoms with E-state index < -0.39 is 0 Å². The second-order valence-corrected chi connectivity index (χ2v) is 7.10. The molecule has 0 bridgehead atoms. The van der Waals surface area contributed by atoms with Crippen molar-refractivity contribution in [1.29, 1.82) is 0 Å². The Balaban J connectivity index is 1.55. The number of anilines is 3. The third kappa shape index (κ3) is 3.96. The molecule has 1 aromatic carbocycles. The van der Waals surface area contributed by atoms with E-state index in [-0.39, 0.29) is 0 Å². The van der Waals surface area contributed by atoms with Gasteiger partial charge in [-0.15, -0.1) is 11.3 Å². The van der Waals surface area contributed by atoms with E-state index in [2.05, 4.69) is 37.0 Å². The Bertz CT molecular complexity index is 1050. The highest BCUT2D eigenvalue weighted by molar-refractivity contribution is 7.09. The maximum absolute atomic E-state index is 5.42. The molecule has 0 fully saturated rings. The Hall–Kier alpha value is -3.39. The average molecular weight is 393 g/mol. The summed E-state index contributed by atoms with van der Waals surface area (Å²) in [6, 6.07) is 9.82. The lowest BCUT2D eigenvalue weighted by Gasteiger charge is -2.12. The van der Waals surface area contributed by atoms with Gasteiger partial charge in [0.15, 0.2) is 12.2 Å². The lowest BCUT2D eigenvalue weighted by atomic mass is 10.1. The Morgan fingerprint density at radius 2 is 2.14 bits per heavy atom. The predicted molar refractivity (Wildman–Crippen MR) is 110 cm³/mol. The molecule has 0 aliphatic carbocycles. The molecule has 0 aliphatic rings. The molecule has 8 heteroatoms. The minimum atomic E-state index is 0.507. The predicted octanol–water partition coefficient (Wildman–Crippen LogP) is 4.87. The van der Waals surface area contributed by atoms with Gasteiger partial charge < -0.3 is 19.8 Å². The van der Waals surface area contributed by atoms with E-state index in [0.717, 1.165) is 29.2 Å². The monoisotopic (exact) mass is 393 g/mol. The Kier molecular flexibility index (Phi) is 5.20. The van der Waals surface area contributed by atoms with E-state index in [1.165, 1.54) is 11.3 Å². The van der Waals surface area contributed by atoms with Crippen molar-refractivity contribution in [3.8, 4) is 17.1 Å². The molecular weight excluding hydrogens is 374 g/mol. The number of methoxy groups -OCH3 is 1. The number of oxazole rings is 1. The molecule has 3 heterocycles. The number of nitrogens with zero attached hydrogens (tertiary/aromatic N) is 3. The largest absolute Gasteiger partial charge is 0.496 e. The fourth-order valence-electron chi connectivity index (χ4n) is 2.72. The van der Waals surface area contributed by atoms with E-state index in [0.29, 0.717) is 17.5 Å². The molecule has 0 saturated carbocycles. The molecule has 28 heavy (non-hydrogen) atoms. The van der Waals surface area contributed by atoms with Gasteiger partial charge in [-0.2, -0.15) is 4.98 Å². The molecule has 4 rings (SSSR count). The van der Waals surface area contributed by atoms with Crippen LogP contribution >= 0.6 is 11.3 Å². The third-order valence-corrected chi connectivity index (χ3v) is 5.01. The van der Waals surface area contributed by atoms with Crippen molar-refractivity contribution < 1.29 is 9.15 Å². The first-order valence-electron chi connectivity index (χ1n) is 8.67. The highest BCUT2D eigenvalue weighted by atomic mass is 32.1. The number of rotatable bonds is 7. The highest BCUT2D eigenvalue weighted by Crippen LogP contribution is 2.33. The molecule has 0 amide bonds. The van der Waals surface area contributed by atoms with Gasteiger partial charge in [-0.1, -0.05) is 6.07 Å². The fourth-order valence-corrected chi connectivity index (χ4v) is 3.37. The van der Waals surface area contributed by atoms with Crippen LogP contribution in [0.3, 0.4) is 0 Å². The van der Waals surface area contributed by atoms with Crippen LogP contribution < -0.4 is 15.4 Å². The zero-order valence-corrected chi connectivity index (χ0v) is 16.3. The Labute approximate surface area is 166 Å².